The first-order chi connectivity index (χ1) is 9.72. The van der Waals surface area contributed by atoms with Crippen LogP contribution in [0.4, 0.5) is 0 Å². The number of thioether (sulfide) groups is 1. The molecule has 0 amide bonds. The number of hydrogen-bond acceptors (Lipinski definition) is 6. The van der Waals surface area contributed by atoms with Gasteiger partial charge in [-0.2, -0.15) is 5.10 Å². The van der Waals surface area contributed by atoms with E-state index in [0.717, 1.165) is 5.56 Å². The Morgan fingerprint density at radius 2 is 2.45 bits per heavy atom. The smallest absolute Gasteiger partial charge is 0.316 e. The fraction of sp³-hybridized carbons (Fsp3) is 0.231. The third kappa shape index (κ3) is 3.67. The van der Waals surface area contributed by atoms with Gasteiger partial charge in [0.25, 0.3) is 0 Å². The molecule has 0 saturated carbocycles. The highest BCUT2D eigenvalue weighted by atomic mass is 32.2. The molecule has 6 nitrogen and oxygen atoms in total. The van der Waals surface area contributed by atoms with Gasteiger partial charge in [0.05, 0.1) is 18.6 Å². The Bertz CT molecular complexity index is 612. The molecule has 0 aliphatic rings. The van der Waals surface area contributed by atoms with Crippen LogP contribution in [-0.4, -0.2) is 38.1 Å². The van der Waals surface area contributed by atoms with Crippen LogP contribution in [-0.2, 0) is 9.53 Å². The van der Waals surface area contributed by atoms with Crippen molar-refractivity contribution >= 4 is 23.8 Å². The van der Waals surface area contributed by atoms with Crippen LogP contribution in [0.5, 0.6) is 0 Å². The fourth-order valence-electron chi connectivity index (χ4n) is 1.42. The van der Waals surface area contributed by atoms with Crippen molar-refractivity contribution in [2.45, 2.75) is 12.1 Å². The third-order valence-electron chi connectivity index (χ3n) is 2.32. The highest BCUT2D eigenvalue weighted by molar-refractivity contribution is 7.99. The van der Waals surface area contributed by atoms with E-state index in [1.807, 2.05) is 6.20 Å². The molecule has 2 rings (SSSR count). The number of nitrogens with zero attached hydrogens (tertiary/aromatic N) is 4. The molecule has 2 heterocycles. The average molecular weight is 290 g/mol. The second-order valence-corrected chi connectivity index (χ2v) is 4.66. The first-order valence-corrected chi connectivity index (χ1v) is 7.00. The lowest BCUT2D eigenvalue weighted by atomic mass is 10.4. The molecule has 0 spiro atoms. The first kappa shape index (κ1) is 14.3. The number of aromatic nitrogens is 4. The molecular formula is C13H14N4O2S. The number of carbonyl (C=O) groups is 1. The van der Waals surface area contributed by atoms with Crippen molar-refractivity contribution in [3.8, 4) is 5.82 Å². The van der Waals surface area contributed by atoms with Crippen LogP contribution in [0.2, 0.25) is 0 Å². The molecule has 0 bridgehead atoms. The number of carbonyl (C=O) groups excluding carboxylic acids is 1. The molecule has 0 atom stereocenters. The SMILES string of the molecule is C=Cc1cnn(-c2ccnc(SCC(=O)OCC)n2)c1. The Labute approximate surface area is 120 Å². The Morgan fingerprint density at radius 3 is 3.15 bits per heavy atom. The van der Waals surface area contributed by atoms with Crippen molar-refractivity contribution < 1.29 is 9.53 Å². The van der Waals surface area contributed by atoms with Gasteiger partial charge < -0.3 is 4.74 Å². The Morgan fingerprint density at radius 1 is 1.60 bits per heavy atom. The molecule has 7 heteroatoms. The molecule has 0 aliphatic carbocycles. The normalized spacial score (nSPS) is 10.2. The average Bonchev–Trinajstić information content (AvgIpc) is 2.95. The second kappa shape index (κ2) is 6.85. The van der Waals surface area contributed by atoms with Crippen LogP contribution in [0.15, 0.2) is 36.4 Å². The molecule has 20 heavy (non-hydrogen) atoms. The second-order valence-electron chi connectivity index (χ2n) is 3.71. The van der Waals surface area contributed by atoms with E-state index < -0.39 is 0 Å². The predicted octanol–water partition coefficient (Wildman–Crippen LogP) is 1.96. The Kier molecular flexibility index (Phi) is 4.89. The van der Waals surface area contributed by atoms with Crippen LogP contribution in [0, 0.1) is 0 Å². The molecule has 0 unspecified atom stereocenters. The molecule has 0 radical (unpaired) electrons. The van der Waals surface area contributed by atoms with Crippen molar-refractivity contribution in [2.24, 2.45) is 0 Å². The summed E-state index contributed by atoms with van der Waals surface area (Å²) in [5.41, 5.74) is 0.907. The minimum absolute atomic E-state index is 0.189. The van der Waals surface area contributed by atoms with Gasteiger partial charge in [0.2, 0.25) is 0 Å². The zero-order valence-corrected chi connectivity index (χ0v) is 11.8. The molecule has 0 N–H and O–H groups in total. The van der Waals surface area contributed by atoms with Crippen molar-refractivity contribution in [2.75, 3.05) is 12.4 Å². The number of ether oxygens (including phenoxy) is 1. The lowest BCUT2D eigenvalue weighted by molar-refractivity contribution is -0.139. The topological polar surface area (TPSA) is 69.9 Å². The molecule has 104 valence electrons. The summed E-state index contributed by atoms with van der Waals surface area (Å²) in [6.45, 7) is 5.83. The van der Waals surface area contributed by atoms with Gasteiger partial charge in [0.1, 0.15) is 0 Å². The van der Waals surface area contributed by atoms with Gasteiger partial charge >= 0.3 is 5.97 Å². The molecule has 0 saturated heterocycles. The Balaban J connectivity index is 2.07. The largest absolute Gasteiger partial charge is 0.465 e. The van der Waals surface area contributed by atoms with Crippen LogP contribution >= 0.6 is 11.8 Å². The maximum absolute atomic E-state index is 11.3. The van der Waals surface area contributed by atoms with Gasteiger partial charge in [0.15, 0.2) is 11.0 Å². The lowest BCUT2D eigenvalue weighted by Gasteiger charge is -2.03. The van der Waals surface area contributed by atoms with Gasteiger partial charge in [0, 0.05) is 24.0 Å². The van der Waals surface area contributed by atoms with Gasteiger partial charge in [-0.15, -0.1) is 0 Å². The summed E-state index contributed by atoms with van der Waals surface area (Å²) in [7, 11) is 0. The third-order valence-corrected chi connectivity index (χ3v) is 3.15. The molecule has 0 aromatic carbocycles. The molecule has 2 aromatic heterocycles. The van der Waals surface area contributed by atoms with E-state index in [1.165, 1.54) is 11.8 Å². The van der Waals surface area contributed by atoms with E-state index in [4.69, 9.17) is 4.74 Å². The van der Waals surface area contributed by atoms with Crippen LogP contribution in [0.25, 0.3) is 11.9 Å². The minimum Gasteiger partial charge on any atom is -0.465 e. The van der Waals surface area contributed by atoms with E-state index in [1.54, 1.807) is 36.1 Å². The van der Waals surface area contributed by atoms with E-state index in [2.05, 4.69) is 21.6 Å². The van der Waals surface area contributed by atoms with Gasteiger partial charge in [-0.3, -0.25) is 4.79 Å². The van der Waals surface area contributed by atoms with Crippen molar-refractivity contribution in [1.82, 2.24) is 19.7 Å². The highest BCUT2D eigenvalue weighted by Gasteiger charge is 2.07. The van der Waals surface area contributed by atoms with E-state index in [9.17, 15) is 4.79 Å². The van der Waals surface area contributed by atoms with Crippen LogP contribution < -0.4 is 0 Å². The molecule has 0 fully saturated rings. The quantitative estimate of drug-likeness (QED) is 0.460. The molecule has 2 aromatic rings. The minimum atomic E-state index is -0.278. The van der Waals surface area contributed by atoms with Gasteiger partial charge in [-0.05, 0) is 6.92 Å². The number of rotatable bonds is 6. The molecular weight excluding hydrogens is 276 g/mol. The van der Waals surface area contributed by atoms with Gasteiger partial charge in [-0.25, -0.2) is 14.6 Å². The van der Waals surface area contributed by atoms with Crippen molar-refractivity contribution in [1.29, 1.82) is 0 Å². The summed E-state index contributed by atoms with van der Waals surface area (Å²) in [6, 6.07) is 1.74. The number of hydrogen-bond donors (Lipinski definition) is 0. The van der Waals surface area contributed by atoms with E-state index in [0.29, 0.717) is 17.6 Å². The van der Waals surface area contributed by atoms with E-state index in [-0.39, 0.29) is 11.7 Å². The predicted molar refractivity (Wildman–Crippen MR) is 76.6 cm³/mol. The van der Waals surface area contributed by atoms with Gasteiger partial charge in [-0.1, -0.05) is 24.4 Å². The summed E-state index contributed by atoms with van der Waals surface area (Å²) in [6.07, 6.45) is 6.85. The zero-order valence-electron chi connectivity index (χ0n) is 11.0. The standard InChI is InChI=1S/C13H14N4O2S/c1-3-10-7-15-17(8-10)11-5-6-14-13(16-11)20-9-12(18)19-4-2/h3,5-8H,1,4,9H2,2H3. The summed E-state index contributed by atoms with van der Waals surface area (Å²) in [5.74, 6) is 0.549. The van der Waals surface area contributed by atoms with Crippen molar-refractivity contribution in [3.05, 3.63) is 36.8 Å². The highest BCUT2D eigenvalue weighted by Crippen LogP contribution is 2.14. The summed E-state index contributed by atoms with van der Waals surface area (Å²) >= 11 is 1.23. The summed E-state index contributed by atoms with van der Waals surface area (Å²) < 4.78 is 6.48. The maximum atomic E-state index is 11.3. The fourth-order valence-corrected chi connectivity index (χ4v) is 2.05. The summed E-state index contributed by atoms with van der Waals surface area (Å²) in [5, 5.41) is 4.68. The monoisotopic (exact) mass is 290 g/mol. The summed E-state index contributed by atoms with van der Waals surface area (Å²) in [4.78, 5) is 19.7. The maximum Gasteiger partial charge on any atom is 0.316 e. The lowest BCUT2D eigenvalue weighted by Crippen LogP contribution is -2.07. The van der Waals surface area contributed by atoms with Crippen LogP contribution in [0.1, 0.15) is 12.5 Å². The van der Waals surface area contributed by atoms with Crippen molar-refractivity contribution in [3.63, 3.8) is 0 Å². The Hall–Kier alpha value is -2.15. The van der Waals surface area contributed by atoms with E-state index >= 15 is 0 Å². The number of esters is 1. The molecule has 0 aliphatic heterocycles. The zero-order chi connectivity index (χ0) is 14.4. The first-order valence-electron chi connectivity index (χ1n) is 6.02. The van der Waals surface area contributed by atoms with Crippen LogP contribution in [0.3, 0.4) is 0 Å².